The predicted molar refractivity (Wildman–Crippen MR) is 51.7 cm³/mol. The maximum absolute atomic E-state index is 10.7. The smallest absolute Gasteiger partial charge is 0.398 e. The summed E-state index contributed by atoms with van der Waals surface area (Å²) in [5, 5.41) is 5.89. The highest BCUT2D eigenvalue weighted by Gasteiger charge is 2.09. The third-order valence-electron chi connectivity index (χ3n) is 1.99. The zero-order valence-corrected chi connectivity index (χ0v) is 7.57. The Hall–Kier alpha value is -2.04. The third kappa shape index (κ3) is 1.28. The van der Waals surface area contributed by atoms with Crippen LogP contribution in [0.1, 0.15) is 5.56 Å². The van der Waals surface area contributed by atoms with Crippen LogP contribution in [0.2, 0.25) is 0 Å². The van der Waals surface area contributed by atoms with E-state index in [9.17, 15) is 4.79 Å². The number of para-hydroxylation sites is 1. The van der Waals surface area contributed by atoms with Crippen LogP contribution in [0, 0.1) is 6.92 Å². The molecule has 0 spiro atoms. The molecule has 2 aromatic rings. The van der Waals surface area contributed by atoms with E-state index in [1.165, 1.54) is 0 Å². The number of hydrogen-bond donors (Lipinski definition) is 2. The van der Waals surface area contributed by atoms with Gasteiger partial charge in [-0.2, -0.15) is 0 Å². The van der Waals surface area contributed by atoms with Gasteiger partial charge in [-0.25, -0.2) is 9.89 Å². The summed E-state index contributed by atoms with van der Waals surface area (Å²) < 4.78 is 4.80. The number of aromatic nitrogens is 2. The normalized spacial score (nSPS) is 10.4. The molecule has 1 aromatic heterocycles. The number of nitrogens with zero attached hydrogens (tertiary/aromatic N) is 1. The summed E-state index contributed by atoms with van der Waals surface area (Å²) >= 11 is 0. The molecule has 72 valence electrons. The molecule has 0 atom stereocenters. The largest absolute Gasteiger partial charge is 0.434 e. The van der Waals surface area contributed by atoms with Gasteiger partial charge in [-0.15, -0.1) is 5.10 Å². The summed E-state index contributed by atoms with van der Waals surface area (Å²) in [5.41, 5.74) is 7.93. The van der Waals surface area contributed by atoms with Crippen molar-refractivity contribution in [2.45, 2.75) is 6.92 Å². The first kappa shape index (κ1) is 8.55. The van der Waals surface area contributed by atoms with Crippen molar-refractivity contribution in [1.29, 1.82) is 0 Å². The first-order valence-corrected chi connectivity index (χ1v) is 4.09. The van der Waals surface area contributed by atoms with Crippen molar-refractivity contribution >= 4 is 5.69 Å². The molecule has 0 aliphatic rings. The molecule has 1 aromatic carbocycles. The molecule has 1 heterocycles. The zero-order valence-electron chi connectivity index (χ0n) is 7.57. The van der Waals surface area contributed by atoms with Crippen LogP contribution in [0.25, 0.3) is 11.5 Å². The van der Waals surface area contributed by atoms with Crippen LogP contribution in [-0.4, -0.2) is 10.2 Å². The molecular formula is C9H9N3O2. The van der Waals surface area contributed by atoms with Crippen LogP contribution in [0.3, 0.4) is 0 Å². The maximum Gasteiger partial charge on any atom is 0.434 e. The number of anilines is 1. The Morgan fingerprint density at radius 1 is 1.50 bits per heavy atom. The summed E-state index contributed by atoms with van der Waals surface area (Å²) in [7, 11) is 0. The van der Waals surface area contributed by atoms with Gasteiger partial charge in [0.15, 0.2) is 0 Å². The topological polar surface area (TPSA) is 84.9 Å². The van der Waals surface area contributed by atoms with Crippen molar-refractivity contribution in [3.8, 4) is 11.5 Å². The van der Waals surface area contributed by atoms with Crippen LogP contribution in [0.15, 0.2) is 27.4 Å². The van der Waals surface area contributed by atoms with E-state index in [0.717, 1.165) is 5.56 Å². The highest BCUT2D eigenvalue weighted by Crippen LogP contribution is 2.25. The average molecular weight is 191 g/mol. The lowest BCUT2D eigenvalue weighted by Gasteiger charge is -2.02. The molecule has 5 nitrogen and oxygen atoms in total. The van der Waals surface area contributed by atoms with E-state index in [4.69, 9.17) is 10.2 Å². The summed E-state index contributed by atoms with van der Waals surface area (Å²) in [6.45, 7) is 1.88. The number of hydrogen-bond acceptors (Lipinski definition) is 4. The Morgan fingerprint density at radius 3 is 2.93 bits per heavy atom. The van der Waals surface area contributed by atoms with E-state index in [1.807, 2.05) is 19.1 Å². The minimum Gasteiger partial charge on any atom is -0.398 e. The fourth-order valence-electron chi connectivity index (χ4n) is 1.21. The second kappa shape index (κ2) is 3.02. The summed E-state index contributed by atoms with van der Waals surface area (Å²) in [6, 6.07) is 5.46. The SMILES string of the molecule is Cc1cccc(-c2n[nH]c(=O)o2)c1N. The molecule has 0 fully saturated rings. The quantitative estimate of drug-likeness (QED) is 0.656. The number of rotatable bonds is 1. The Bertz CT molecular complexity index is 513. The fraction of sp³-hybridized carbons (Fsp3) is 0.111. The Kier molecular flexibility index (Phi) is 1.85. The molecule has 0 saturated heterocycles. The summed E-state index contributed by atoms with van der Waals surface area (Å²) in [5.74, 6) is -0.364. The Balaban J connectivity index is 2.62. The highest BCUT2D eigenvalue weighted by molar-refractivity contribution is 5.72. The van der Waals surface area contributed by atoms with Crippen LogP contribution < -0.4 is 11.5 Å². The minimum absolute atomic E-state index is 0.219. The molecule has 0 saturated carbocycles. The van der Waals surface area contributed by atoms with Gasteiger partial charge in [0.1, 0.15) is 0 Å². The van der Waals surface area contributed by atoms with E-state index in [2.05, 4.69) is 10.2 Å². The van der Waals surface area contributed by atoms with Crippen LogP contribution in [-0.2, 0) is 0 Å². The maximum atomic E-state index is 10.7. The van der Waals surface area contributed by atoms with Gasteiger partial charge in [0.25, 0.3) is 5.89 Å². The molecule has 0 radical (unpaired) electrons. The van der Waals surface area contributed by atoms with Crippen LogP contribution in [0.5, 0.6) is 0 Å². The number of nitrogens with one attached hydrogen (secondary N) is 1. The molecule has 0 amide bonds. The van der Waals surface area contributed by atoms with Crippen molar-refractivity contribution in [1.82, 2.24) is 10.2 Å². The molecule has 0 aliphatic carbocycles. The second-order valence-electron chi connectivity index (χ2n) is 2.95. The molecule has 0 bridgehead atoms. The fourth-order valence-corrected chi connectivity index (χ4v) is 1.21. The number of aryl methyl sites for hydroxylation is 1. The minimum atomic E-state index is -0.582. The number of nitrogen functional groups attached to an aromatic ring is 1. The lowest BCUT2D eigenvalue weighted by atomic mass is 10.1. The van der Waals surface area contributed by atoms with E-state index >= 15 is 0 Å². The van der Waals surface area contributed by atoms with E-state index in [-0.39, 0.29) is 5.89 Å². The molecule has 0 unspecified atom stereocenters. The first-order valence-electron chi connectivity index (χ1n) is 4.09. The van der Waals surface area contributed by atoms with Gasteiger partial charge in [0.2, 0.25) is 0 Å². The van der Waals surface area contributed by atoms with Crippen LogP contribution >= 0.6 is 0 Å². The van der Waals surface area contributed by atoms with Gasteiger partial charge in [-0.05, 0) is 18.6 Å². The van der Waals surface area contributed by atoms with E-state index in [1.54, 1.807) is 6.07 Å². The molecule has 5 heteroatoms. The van der Waals surface area contributed by atoms with Crippen LogP contribution in [0.4, 0.5) is 5.69 Å². The Labute approximate surface area is 79.6 Å². The van der Waals surface area contributed by atoms with Gasteiger partial charge < -0.3 is 10.2 Å². The standard InChI is InChI=1S/C9H9N3O2/c1-5-3-2-4-6(7(5)10)8-11-12-9(13)14-8/h2-4H,10H2,1H3,(H,12,13). The van der Waals surface area contributed by atoms with Gasteiger partial charge in [-0.3, -0.25) is 0 Å². The van der Waals surface area contributed by atoms with Crippen molar-refractivity contribution in [3.05, 3.63) is 34.3 Å². The van der Waals surface area contributed by atoms with Gasteiger partial charge >= 0.3 is 5.76 Å². The average Bonchev–Trinajstić information content (AvgIpc) is 2.57. The number of nitrogens with two attached hydrogens (primary N) is 1. The zero-order chi connectivity index (χ0) is 10.1. The number of H-pyrrole nitrogens is 1. The van der Waals surface area contributed by atoms with Crippen molar-refractivity contribution in [2.75, 3.05) is 5.73 Å². The van der Waals surface area contributed by atoms with E-state index < -0.39 is 5.76 Å². The predicted octanol–water partition coefficient (Wildman–Crippen LogP) is 0.921. The van der Waals surface area contributed by atoms with Crippen molar-refractivity contribution in [2.24, 2.45) is 0 Å². The van der Waals surface area contributed by atoms with Gasteiger partial charge in [0.05, 0.1) is 5.56 Å². The van der Waals surface area contributed by atoms with Crippen molar-refractivity contribution in [3.63, 3.8) is 0 Å². The second-order valence-corrected chi connectivity index (χ2v) is 2.95. The van der Waals surface area contributed by atoms with Gasteiger partial charge in [0, 0.05) is 5.69 Å². The number of aromatic amines is 1. The monoisotopic (exact) mass is 191 g/mol. The third-order valence-corrected chi connectivity index (χ3v) is 1.99. The molecular weight excluding hydrogens is 182 g/mol. The first-order chi connectivity index (χ1) is 6.68. The molecule has 2 rings (SSSR count). The lowest BCUT2D eigenvalue weighted by molar-refractivity contribution is 0.527. The Morgan fingerprint density at radius 2 is 2.29 bits per heavy atom. The molecule has 0 aliphatic heterocycles. The summed E-state index contributed by atoms with van der Waals surface area (Å²) in [4.78, 5) is 10.7. The molecule has 14 heavy (non-hydrogen) atoms. The van der Waals surface area contributed by atoms with Crippen molar-refractivity contribution < 1.29 is 4.42 Å². The van der Waals surface area contributed by atoms with E-state index in [0.29, 0.717) is 11.3 Å². The number of benzene rings is 1. The molecule has 3 N–H and O–H groups in total. The van der Waals surface area contributed by atoms with Gasteiger partial charge in [-0.1, -0.05) is 12.1 Å². The highest BCUT2D eigenvalue weighted by atomic mass is 16.4. The summed E-state index contributed by atoms with van der Waals surface area (Å²) in [6.07, 6.45) is 0. The lowest BCUT2D eigenvalue weighted by Crippen LogP contribution is -1.94.